The monoisotopic (exact) mass is 514 g/mol. The Labute approximate surface area is 215 Å². The fourth-order valence-electron chi connectivity index (χ4n) is 9.24. The summed E-state index contributed by atoms with van der Waals surface area (Å²) in [6.45, 7) is 11.0. The first-order valence-corrected chi connectivity index (χ1v) is 13.1. The van der Waals surface area contributed by atoms with Crippen LogP contribution < -0.4 is 0 Å². The number of ketones is 1. The zero-order valence-electron chi connectivity index (χ0n) is 22.1. The number of ether oxygens (including phenoxy) is 4. The molecular formula is C28H34O9. The number of Topliss-reactive ketones (excluding diaryl/α,β-unsaturated/α-hetero) is 1. The Bertz CT molecular complexity index is 1200. The van der Waals surface area contributed by atoms with Gasteiger partial charge in [0.1, 0.15) is 29.2 Å². The predicted octanol–water partition coefficient (Wildman–Crippen LogP) is 3.69. The maximum absolute atomic E-state index is 14.4. The quantitative estimate of drug-likeness (QED) is 0.330. The molecule has 0 N–H and O–H groups in total. The molecule has 37 heavy (non-hydrogen) atoms. The molecule has 0 amide bonds. The number of epoxide rings is 1. The summed E-state index contributed by atoms with van der Waals surface area (Å²) in [5.41, 5.74) is -3.88. The van der Waals surface area contributed by atoms with Crippen LogP contribution >= 0.6 is 0 Å². The van der Waals surface area contributed by atoms with Crippen LogP contribution in [0.4, 0.5) is 0 Å². The van der Waals surface area contributed by atoms with Crippen LogP contribution in [0.5, 0.6) is 0 Å². The molecule has 2 aliphatic carbocycles. The summed E-state index contributed by atoms with van der Waals surface area (Å²) < 4.78 is 29.3. The molecule has 0 bridgehead atoms. The Balaban J connectivity index is 1.54. The molecule has 9 heteroatoms. The fraction of sp³-hybridized carbons (Fsp3) is 0.714. The van der Waals surface area contributed by atoms with E-state index in [9.17, 15) is 19.2 Å². The number of furan rings is 1. The highest BCUT2D eigenvalue weighted by Gasteiger charge is 2.88. The third kappa shape index (κ3) is 2.79. The molecular weight excluding hydrogens is 480 g/mol. The van der Waals surface area contributed by atoms with Gasteiger partial charge in [-0.3, -0.25) is 14.4 Å². The molecule has 6 rings (SSSR count). The lowest BCUT2D eigenvalue weighted by Gasteiger charge is -2.66. The minimum absolute atomic E-state index is 0.0263. The van der Waals surface area contributed by atoms with E-state index >= 15 is 0 Å². The van der Waals surface area contributed by atoms with Crippen molar-refractivity contribution in [1.82, 2.24) is 0 Å². The summed E-state index contributed by atoms with van der Waals surface area (Å²) in [5, 5.41) is 0. The van der Waals surface area contributed by atoms with Gasteiger partial charge >= 0.3 is 17.9 Å². The Hall–Kier alpha value is -2.68. The fourth-order valence-corrected chi connectivity index (χ4v) is 9.24. The van der Waals surface area contributed by atoms with Crippen LogP contribution in [0.25, 0.3) is 0 Å². The highest BCUT2D eigenvalue weighted by molar-refractivity contribution is 5.93. The van der Waals surface area contributed by atoms with Gasteiger partial charge in [-0.05, 0) is 45.6 Å². The van der Waals surface area contributed by atoms with E-state index in [0.29, 0.717) is 12.8 Å². The van der Waals surface area contributed by atoms with Gasteiger partial charge in [-0.15, -0.1) is 0 Å². The first-order valence-electron chi connectivity index (χ1n) is 13.1. The summed E-state index contributed by atoms with van der Waals surface area (Å²) in [4.78, 5) is 52.7. The van der Waals surface area contributed by atoms with Gasteiger partial charge in [0.25, 0.3) is 0 Å². The van der Waals surface area contributed by atoms with E-state index in [-0.39, 0.29) is 30.5 Å². The molecule has 0 unspecified atom stereocenters. The van der Waals surface area contributed by atoms with Gasteiger partial charge in [-0.1, -0.05) is 13.8 Å². The second-order valence-electron chi connectivity index (χ2n) is 12.7. The van der Waals surface area contributed by atoms with Crippen LogP contribution in [0.2, 0.25) is 0 Å². The zero-order chi connectivity index (χ0) is 26.8. The second kappa shape index (κ2) is 7.24. The number of carbonyl (C=O) groups is 4. The van der Waals surface area contributed by atoms with E-state index in [1.54, 1.807) is 12.3 Å². The standard InChI is InChI=1S/C28H34O9/c1-14(29)34-19-12-20(31)36-24(2,3)17-11-18(30)27(6)16(26(17,19)5)7-9-25(4)21(15-8-10-33-13-15)35-23(32)22-28(25,27)37-22/h8,10,13,16-17,19,21-22H,7,9,11-12H2,1-6H3/t16-,17+,19+,21-,22-,25+,26+,27-,28+/m0/s1. The Morgan fingerprint density at radius 1 is 1.03 bits per heavy atom. The lowest BCUT2D eigenvalue weighted by atomic mass is 9.37. The maximum Gasteiger partial charge on any atom is 0.339 e. The van der Waals surface area contributed by atoms with Crippen molar-refractivity contribution in [3.05, 3.63) is 24.2 Å². The van der Waals surface area contributed by atoms with Crippen LogP contribution in [-0.2, 0) is 38.1 Å². The molecule has 3 aliphatic heterocycles. The number of esters is 3. The van der Waals surface area contributed by atoms with Crippen molar-refractivity contribution in [2.45, 2.75) is 96.7 Å². The SMILES string of the molecule is CC(=O)O[C@@H]1CC(=O)OC(C)(C)[C@H]2CC(=O)[C@]3(C)[C@@H](CC[C@]4(C)[C@H](c5ccoc5)OC(=O)[C@@H]5O[C@]543)[C@]21C. The number of fused-ring (bicyclic) bond motifs is 3. The van der Waals surface area contributed by atoms with Gasteiger partial charge < -0.3 is 23.4 Å². The highest BCUT2D eigenvalue weighted by Crippen LogP contribution is 2.78. The molecule has 1 aromatic rings. The lowest BCUT2D eigenvalue weighted by molar-refractivity contribution is -0.234. The molecule has 1 aromatic heterocycles. The summed E-state index contributed by atoms with van der Waals surface area (Å²) in [7, 11) is 0. The largest absolute Gasteiger partial charge is 0.472 e. The van der Waals surface area contributed by atoms with E-state index < -0.39 is 63.7 Å². The Morgan fingerprint density at radius 3 is 2.41 bits per heavy atom. The molecule has 9 nitrogen and oxygen atoms in total. The minimum Gasteiger partial charge on any atom is -0.472 e. The molecule has 5 aliphatic rings. The topological polar surface area (TPSA) is 122 Å². The number of cyclic esters (lactones) is 2. The molecule has 2 saturated carbocycles. The van der Waals surface area contributed by atoms with E-state index in [0.717, 1.165) is 5.56 Å². The average Bonchev–Trinajstić information content (AvgIpc) is 3.38. The van der Waals surface area contributed by atoms with Crippen LogP contribution in [0.3, 0.4) is 0 Å². The Morgan fingerprint density at radius 2 is 1.76 bits per heavy atom. The molecule has 1 spiro atoms. The van der Waals surface area contributed by atoms with Crippen molar-refractivity contribution in [3.63, 3.8) is 0 Å². The van der Waals surface area contributed by atoms with Gasteiger partial charge in [0.2, 0.25) is 0 Å². The van der Waals surface area contributed by atoms with Crippen molar-refractivity contribution in [2.75, 3.05) is 0 Å². The molecule has 0 radical (unpaired) electrons. The van der Waals surface area contributed by atoms with Gasteiger partial charge in [0.15, 0.2) is 6.10 Å². The molecule has 9 atom stereocenters. The molecule has 200 valence electrons. The van der Waals surface area contributed by atoms with Crippen LogP contribution in [-0.4, -0.2) is 47.1 Å². The normalized spacial score (nSPS) is 47.7. The number of rotatable bonds is 2. The van der Waals surface area contributed by atoms with Gasteiger partial charge in [-0.25, -0.2) is 4.79 Å². The first kappa shape index (κ1) is 24.6. The molecule has 4 heterocycles. The molecule has 5 fully saturated rings. The van der Waals surface area contributed by atoms with Gasteiger partial charge in [-0.2, -0.15) is 0 Å². The van der Waals surface area contributed by atoms with Crippen molar-refractivity contribution < 1.29 is 42.5 Å². The van der Waals surface area contributed by atoms with E-state index in [1.807, 2.05) is 34.6 Å². The molecule has 3 saturated heterocycles. The summed E-state index contributed by atoms with van der Waals surface area (Å²) in [5.74, 6) is -2.18. The maximum atomic E-state index is 14.4. The average molecular weight is 515 g/mol. The smallest absolute Gasteiger partial charge is 0.339 e. The van der Waals surface area contributed by atoms with E-state index in [1.165, 1.54) is 13.2 Å². The van der Waals surface area contributed by atoms with Gasteiger partial charge in [0.05, 0.1) is 24.4 Å². The minimum atomic E-state index is -1.09. The van der Waals surface area contributed by atoms with Crippen molar-refractivity contribution in [1.29, 1.82) is 0 Å². The number of hydrogen-bond donors (Lipinski definition) is 0. The summed E-state index contributed by atoms with van der Waals surface area (Å²) in [6, 6.07) is 1.78. The third-order valence-corrected chi connectivity index (χ3v) is 10.8. The summed E-state index contributed by atoms with van der Waals surface area (Å²) in [6.07, 6.45) is 2.06. The predicted molar refractivity (Wildman–Crippen MR) is 126 cm³/mol. The highest BCUT2D eigenvalue weighted by atomic mass is 16.7. The number of carbonyl (C=O) groups excluding carboxylic acids is 4. The van der Waals surface area contributed by atoms with Crippen molar-refractivity contribution >= 4 is 23.7 Å². The van der Waals surface area contributed by atoms with Crippen LogP contribution in [0, 0.1) is 28.1 Å². The third-order valence-electron chi connectivity index (χ3n) is 10.8. The van der Waals surface area contributed by atoms with Gasteiger partial charge in [0, 0.05) is 35.7 Å². The lowest BCUT2D eigenvalue weighted by Crippen LogP contribution is -2.72. The van der Waals surface area contributed by atoms with Crippen LogP contribution in [0.15, 0.2) is 23.0 Å². The van der Waals surface area contributed by atoms with Crippen molar-refractivity contribution in [3.8, 4) is 0 Å². The number of hydrogen-bond acceptors (Lipinski definition) is 9. The van der Waals surface area contributed by atoms with E-state index in [2.05, 4.69) is 0 Å². The summed E-state index contributed by atoms with van der Waals surface area (Å²) >= 11 is 0. The Kier molecular flexibility index (Phi) is 4.82. The molecule has 0 aromatic carbocycles. The first-order chi connectivity index (χ1) is 17.2. The van der Waals surface area contributed by atoms with E-state index in [4.69, 9.17) is 23.4 Å². The zero-order valence-corrected chi connectivity index (χ0v) is 22.1. The van der Waals surface area contributed by atoms with Crippen molar-refractivity contribution in [2.24, 2.45) is 28.1 Å². The van der Waals surface area contributed by atoms with Crippen LogP contribution in [0.1, 0.15) is 78.9 Å². The second-order valence-corrected chi connectivity index (χ2v) is 12.7.